The molecule has 0 aliphatic heterocycles. The molecule has 0 amide bonds. The molecule has 0 saturated carbocycles. The zero-order valence-electron chi connectivity index (χ0n) is 13.8. The van der Waals surface area contributed by atoms with Crippen LogP contribution < -0.4 is 0 Å². The van der Waals surface area contributed by atoms with Crippen LogP contribution >= 0.6 is 0 Å². The molecular weight excluding hydrogens is 327 g/mol. The molecule has 2 aromatic carbocycles. The van der Waals surface area contributed by atoms with Gasteiger partial charge in [-0.15, -0.1) is 0 Å². The second-order valence-electron chi connectivity index (χ2n) is 5.87. The lowest BCUT2D eigenvalue weighted by Crippen LogP contribution is -1.92. The van der Waals surface area contributed by atoms with Crippen LogP contribution in [0.1, 0.15) is 0 Å². The molecule has 0 unspecified atom stereocenters. The van der Waals surface area contributed by atoms with E-state index in [0.717, 1.165) is 16.8 Å². The number of aromatic hydroxyl groups is 1. The first kappa shape index (κ1) is 16.0. The molecule has 0 atom stereocenters. The van der Waals surface area contributed by atoms with Crippen LogP contribution in [0.4, 0.5) is 4.39 Å². The first-order valence-corrected chi connectivity index (χ1v) is 8.18. The first-order valence-electron chi connectivity index (χ1n) is 8.18. The van der Waals surface area contributed by atoms with Crippen molar-refractivity contribution in [3.05, 3.63) is 90.9 Å². The molecule has 0 radical (unpaired) electrons. The summed E-state index contributed by atoms with van der Waals surface area (Å²) >= 11 is 0. The van der Waals surface area contributed by atoms with E-state index in [1.54, 1.807) is 30.5 Å². The van der Waals surface area contributed by atoms with Crippen molar-refractivity contribution in [2.45, 2.75) is 0 Å². The highest BCUT2D eigenvalue weighted by molar-refractivity contribution is 5.73. The van der Waals surface area contributed by atoms with Gasteiger partial charge < -0.3 is 5.11 Å². The van der Waals surface area contributed by atoms with Gasteiger partial charge in [-0.1, -0.05) is 36.4 Å². The van der Waals surface area contributed by atoms with Crippen molar-refractivity contribution in [3.8, 4) is 39.5 Å². The number of rotatable bonds is 3. The first-order chi connectivity index (χ1) is 12.7. The Kier molecular flexibility index (Phi) is 4.15. The van der Waals surface area contributed by atoms with Crippen molar-refractivity contribution in [2.24, 2.45) is 0 Å². The summed E-state index contributed by atoms with van der Waals surface area (Å²) in [7, 11) is 0. The predicted octanol–water partition coefficient (Wildman–Crippen LogP) is 5.32. The number of phenols is 1. The number of phenolic OH excluding ortho intramolecular Hbond substituents is 1. The van der Waals surface area contributed by atoms with Crippen LogP contribution in [0.2, 0.25) is 0 Å². The van der Waals surface area contributed by atoms with Crippen molar-refractivity contribution in [3.63, 3.8) is 0 Å². The summed E-state index contributed by atoms with van der Waals surface area (Å²) in [4.78, 5) is 8.90. The summed E-state index contributed by atoms with van der Waals surface area (Å²) in [6.45, 7) is 0. The molecule has 4 rings (SSSR count). The number of hydrogen-bond donors (Lipinski definition) is 1. The lowest BCUT2D eigenvalue weighted by Gasteiger charge is -2.09. The highest BCUT2D eigenvalue weighted by Gasteiger charge is 2.11. The van der Waals surface area contributed by atoms with Gasteiger partial charge in [-0.05, 0) is 30.3 Å². The maximum Gasteiger partial charge on any atom is 0.127 e. The minimum atomic E-state index is -0.406. The van der Waals surface area contributed by atoms with Gasteiger partial charge in [0.1, 0.15) is 11.6 Å². The smallest absolute Gasteiger partial charge is 0.127 e. The average molecular weight is 342 g/mol. The Morgan fingerprint density at radius 3 is 2.19 bits per heavy atom. The van der Waals surface area contributed by atoms with E-state index >= 15 is 0 Å². The molecule has 0 bridgehead atoms. The fourth-order valence-electron chi connectivity index (χ4n) is 2.84. The van der Waals surface area contributed by atoms with Gasteiger partial charge in [-0.25, -0.2) is 9.37 Å². The van der Waals surface area contributed by atoms with E-state index in [2.05, 4.69) is 9.97 Å². The van der Waals surface area contributed by atoms with Crippen molar-refractivity contribution in [1.29, 1.82) is 0 Å². The molecule has 4 aromatic rings. The van der Waals surface area contributed by atoms with E-state index in [-0.39, 0.29) is 5.75 Å². The topological polar surface area (TPSA) is 46.0 Å². The van der Waals surface area contributed by atoms with Crippen LogP contribution in [0.5, 0.6) is 5.75 Å². The van der Waals surface area contributed by atoms with Crippen LogP contribution in [-0.4, -0.2) is 15.1 Å². The number of halogens is 1. The third-order valence-electron chi connectivity index (χ3n) is 4.09. The van der Waals surface area contributed by atoms with E-state index < -0.39 is 5.82 Å². The molecule has 0 spiro atoms. The second-order valence-corrected chi connectivity index (χ2v) is 5.87. The largest absolute Gasteiger partial charge is 0.507 e. The normalized spacial score (nSPS) is 10.7. The number of para-hydroxylation sites is 1. The standard InChI is InChI=1S/C22H15FN2O/c23-17-13-20(25-21(14-17)18-8-1-2-10-22(18)26)16-7-5-6-15(12-16)19-9-3-4-11-24-19/h1-14,26H. The van der Waals surface area contributed by atoms with Gasteiger partial charge in [0.05, 0.1) is 17.1 Å². The van der Waals surface area contributed by atoms with Gasteiger partial charge in [-0.2, -0.15) is 0 Å². The van der Waals surface area contributed by atoms with Crippen molar-refractivity contribution < 1.29 is 9.50 Å². The Morgan fingerprint density at radius 2 is 1.42 bits per heavy atom. The minimum absolute atomic E-state index is 0.0683. The van der Waals surface area contributed by atoms with Gasteiger partial charge in [-0.3, -0.25) is 4.98 Å². The lowest BCUT2D eigenvalue weighted by atomic mass is 10.0. The zero-order valence-corrected chi connectivity index (χ0v) is 13.8. The summed E-state index contributed by atoms with van der Waals surface area (Å²) in [5.41, 5.74) is 3.94. The van der Waals surface area contributed by atoms with E-state index in [4.69, 9.17) is 0 Å². The maximum atomic E-state index is 14.2. The Balaban J connectivity index is 1.81. The molecular formula is C22H15FN2O. The number of nitrogens with zero attached hydrogens (tertiary/aromatic N) is 2. The Bertz CT molecular complexity index is 1060. The van der Waals surface area contributed by atoms with Crippen LogP contribution in [0.25, 0.3) is 33.8 Å². The van der Waals surface area contributed by atoms with Crippen molar-refractivity contribution >= 4 is 0 Å². The van der Waals surface area contributed by atoms with E-state index in [9.17, 15) is 9.50 Å². The summed E-state index contributed by atoms with van der Waals surface area (Å²) in [5.74, 6) is -0.338. The van der Waals surface area contributed by atoms with E-state index in [1.165, 1.54) is 12.1 Å². The third-order valence-corrected chi connectivity index (χ3v) is 4.09. The molecule has 3 nitrogen and oxygen atoms in total. The molecule has 1 N–H and O–H groups in total. The summed E-state index contributed by atoms with van der Waals surface area (Å²) in [5, 5.41) is 10.0. The Labute approximate surface area is 150 Å². The highest BCUT2D eigenvalue weighted by Crippen LogP contribution is 2.31. The molecule has 26 heavy (non-hydrogen) atoms. The molecule has 0 saturated heterocycles. The predicted molar refractivity (Wildman–Crippen MR) is 100.0 cm³/mol. The summed E-state index contributed by atoms with van der Waals surface area (Å²) < 4.78 is 14.2. The number of benzene rings is 2. The van der Waals surface area contributed by atoms with Gasteiger partial charge >= 0.3 is 0 Å². The fourth-order valence-corrected chi connectivity index (χ4v) is 2.84. The molecule has 2 heterocycles. The van der Waals surface area contributed by atoms with Crippen LogP contribution in [-0.2, 0) is 0 Å². The summed E-state index contributed by atoms with van der Waals surface area (Å²) in [6, 6.07) is 22.8. The van der Waals surface area contributed by atoms with Gasteiger partial charge in [0, 0.05) is 35.0 Å². The third kappa shape index (κ3) is 3.17. The minimum Gasteiger partial charge on any atom is -0.507 e. The van der Waals surface area contributed by atoms with Crippen LogP contribution in [0.15, 0.2) is 85.1 Å². The SMILES string of the molecule is Oc1ccccc1-c1cc(F)cc(-c2cccc(-c3ccccn3)c2)n1. The van der Waals surface area contributed by atoms with Gasteiger partial charge in [0.15, 0.2) is 0 Å². The zero-order chi connectivity index (χ0) is 17.9. The second kappa shape index (κ2) is 6.76. The molecule has 0 aliphatic carbocycles. The van der Waals surface area contributed by atoms with E-state index in [0.29, 0.717) is 17.0 Å². The molecule has 4 heteroatoms. The molecule has 126 valence electrons. The van der Waals surface area contributed by atoms with Crippen LogP contribution in [0, 0.1) is 5.82 Å². The number of aromatic nitrogens is 2. The van der Waals surface area contributed by atoms with Crippen molar-refractivity contribution in [2.75, 3.05) is 0 Å². The average Bonchev–Trinajstić information content (AvgIpc) is 2.69. The molecule has 2 aromatic heterocycles. The molecule has 0 aliphatic rings. The Morgan fingerprint density at radius 1 is 0.692 bits per heavy atom. The molecule has 0 fully saturated rings. The van der Waals surface area contributed by atoms with Gasteiger partial charge in [0.25, 0.3) is 0 Å². The van der Waals surface area contributed by atoms with Gasteiger partial charge in [0.2, 0.25) is 0 Å². The van der Waals surface area contributed by atoms with E-state index in [1.807, 2.05) is 42.5 Å². The summed E-state index contributed by atoms with van der Waals surface area (Å²) in [6.07, 6.45) is 1.73. The number of hydrogen-bond acceptors (Lipinski definition) is 3. The Hall–Kier alpha value is -3.53. The quantitative estimate of drug-likeness (QED) is 0.548. The van der Waals surface area contributed by atoms with Crippen molar-refractivity contribution in [1.82, 2.24) is 9.97 Å². The van der Waals surface area contributed by atoms with Crippen LogP contribution in [0.3, 0.4) is 0 Å². The number of pyridine rings is 2. The monoisotopic (exact) mass is 342 g/mol. The lowest BCUT2D eigenvalue weighted by molar-refractivity contribution is 0.477. The maximum absolute atomic E-state index is 14.2. The fraction of sp³-hybridized carbons (Fsp3) is 0. The highest BCUT2D eigenvalue weighted by atomic mass is 19.1.